The molecule has 2 aromatic rings. The maximum atomic E-state index is 2.89. The van der Waals surface area contributed by atoms with Crippen molar-refractivity contribution in [3.63, 3.8) is 0 Å². The molecule has 0 saturated heterocycles. The molecule has 2 aromatic carbocycles. The van der Waals surface area contributed by atoms with Crippen LogP contribution < -0.4 is 0 Å². The Kier molecular flexibility index (Phi) is 8.54. The molecule has 0 aliphatic rings. The fourth-order valence-electron chi connectivity index (χ4n) is 3.29. The van der Waals surface area contributed by atoms with Crippen molar-refractivity contribution in [3.8, 4) is 0 Å². The van der Waals surface area contributed by atoms with Gasteiger partial charge in [0.15, 0.2) is 0 Å². The highest BCUT2D eigenvalue weighted by atomic mass is 31.0. The van der Waals surface area contributed by atoms with Gasteiger partial charge in [0.05, 0.1) is 0 Å². The van der Waals surface area contributed by atoms with E-state index < -0.39 is 0 Å². The highest BCUT2D eigenvalue weighted by Gasteiger charge is 2.13. The summed E-state index contributed by atoms with van der Waals surface area (Å²) in [5.41, 5.74) is 5.86. The molecule has 2 rings (SSSR count). The van der Waals surface area contributed by atoms with Crippen LogP contribution in [-0.4, -0.2) is 6.16 Å². The number of unbranched alkanes of at least 4 members (excludes halogenated alkanes) is 2. The second kappa shape index (κ2) is 10.7. The fraction of sp³-hybridized carbons (Fsp3) is 0.478. The zero-order valence-electron chi connectivity index (χ0n) is 15.4. The molecule has 0 bridgehead atoms. The maximum Gasteiger partial charge on any atom is 0.00925 e. The predicted molar refractivity (Wildman–Crippen MR) is 111 cm³/mol. The molecule has 0 fully saturated rings. The topological polar surface area (TPSA) is 0 Å². The normalized spacial score (nSPS) is 11.2. The molecule has 0 saturated carbocycles. The van der Waals surface area contributed by atoms with Gasteiger partial charge in [0.1, 0.15) is 0 Å². The number of benzene rings is 2. The van der Waals surface area contributed by atoms with Gasteiger partial charge in [-0.3, -0.25) is 0 Å². The molecule has 1 unspecified atom stereocenters. The van der Waals surface area contributed by atoms with E-state index in [0.717, 1.165) is 6.16 Å². The number of hydrogen-bond acceptors (Lipinski definition) is 0. The maximum absolute atomic E-state index is 2.89. The van der Waals surface area contributed by atoms with Crippen molar-refractivity contribution in [3.05, 3.63) is 70.8 Å². The summed E-state index contributed by atoms with van der Waals surface area (Å²) in [5.74, 6) is 0.517. The minimum Gasteiger partial charge on any atom is -0.138 e. The van der Waals surface area contributed by atoms with E-state index >= 15 is 0 Å². The Morgan fingerprint density at radius 1 is 0.708 bits per heavy atom. The molecule has 1 atom stereocenters. The van der Waals surface area contributed by atoms with E-state index in [4.69, 9.17) is 0 Å². The van der Waals surface area contributed by atoms with Gasteiger partial charge < -0.3 is 0 Å². The van der Waals surface area contributed by atoms with Crippen LogP contribution in [0.2, 0.25) is 0 Å². The molecule has 0 aliphatic heterocycles. The van der Waals surface area contributed by atoms with Crippen molar-refractivity contribution in [2.45, 2.75) is 64.7 Å². The molecule has 0 amide bonds. The summed E-state index contributed by atoms with van der Waals surface area (Å²) in [6.45, 7) is 4.51. The van der Waals surface area contributed by atoms with Crippen LogP contribution in [0.15, 0.2) is 48.5 Å². The molecule has 0 aromatic heterocycles. The number of hydrogen-bond donors (Lipinski definition) is 0. The lowest BCUT2D eigenvalue weighted by molar-refractivity contribution is 0.773. The predicted octanol–water partition coefficient (Wildman–Crippen LogP) is 6.77. The second-order valence-electron chi connectivity index (χ2n) is 6.82. The van der Waals surface area contributed by atoms with Crippen molar-refractivity contribution in [2.75, 3.05) is 6.16 Å². The van der Waals surface area contributed by atoms with Gasteiger partial charge in [-0.15, -0.1) is 9.24 Å². The molecule has 0 aliphatic carbocycles. The smallest absolute Gasteiger partial charge is 0.00925 e. The van der Waals surface area contributed by atoms with Crippen LogP contribution in [0, 0.1) is 0 Å². The van der Waals surface area contributed by atoms with Gasteiger partial charge in [-0.05, 0) is 60.5 Å². The summed E-state index contributed by atoms with van der Waals surface area (Å²) in [4.78, 5) is 0. The quantitative estimate of drug-likeness (QED) is 0.419. The van der Waals surface area contributed by atoms with E-state index in [0.29, 0.717) is 5.92 Å². The van der Waals surface area contributed by atoms with E-state index in [9.17, 15) is 0 Å². The SMILES string of the molecule is CCCCc1ccc(C(CCP)c2ccc(CCCC)cc2)cc1. The highest BCUT2D eigenvalue weighted by Crippen LogP contribution is 2.29. The lowest BCUT2D eigenvalue weighted by Crippen LogP contribution is -2.03. The molecule has 0 radical (unpaired) electrons. The van der Waals surface area contributed by atoms with E-state index in [2.05, 4.69) is 71.6 Å². The van der Waals surface area contributed by atoms with Crippen molar-refractivity contribution < 1.29 is 0 Å². The highest BCUT2D eigenvalue weighted by molar-refractivity contribution is 7.16. The molecule has 0 nitrogen and oxygen atoms in total. The van der Waals surface area contributed by atoms with E-state index in [1.54, 1.807) is 0 Å². The minimum absolute atomic E-state index is 0.517. The fourth-order valence-corrected chi connectivity index (χ4v) is 3.62. The van der Waals surface area contributed by atoms with Gasteiger partial charge in [0, 0.05) is 5.92 Å². The van der Waals surface area contributed by atoms with Crippen LogP contribution in [0.5, 0.6) is 0 Å². The molecule has 130 valence electrons. The Morgan fingerprint density at radius 3 is 1.46 bits per heavy atom. The Balaban J connectivity index is 2.13. The third-order valence-corrected chi connectivity index (χ3v) is 5.19. The van der Waals surface area contributed by atoms with Crippen molar-refractivity contribution >= 4 is 9.24 Å². The first kappa shape index (κ1) is 19.2. The summed E-state index contributed by atoms with van der Waals surface area (Å²) in [6, 6.07) is 18.7. The summed E-state index contributed by atoms with van der Waals surface area (Å²) in [7, 11) is 2.89. The molecular formula is C23H33P. The molecule has 0 spiro atoms. The molecule has 1 heteroatoms. The van der Waals surface area contributed by atoms with Gasteiger partial charge in [-0.1, -0.05) is 75.2 Å². The first-order valence-corrected chi connectivity index (χ1v) is 10.5. The Morgan fingerprint density at radius 2 is 1.12 bits per heavy atom. The molecular weight excluding hydrogens is 307 g/mol. The van der Waals surface area contributed by atoms with Crippen LogP contribution in [0.4, 0.5) is 0 Å². The lowest BCUT2D eigenvalue weighted by Gasteiger charge is -2.18. The Hall–Kier alpha value is -1.13. The molecule has 0 heterocycles. The number of aryl methyl sites for hydroxylation is 2. The minimum atomic E-state index is 0.517. The lowest BCUT2D eigenvalue weighted by atomic mass is 9.87. The molecule has 24 heavy (non-hydrogen) atoms. The average molecular weight is 340 g/mol. The summed E-state index contributed by atoms with van der Waals surface area (Å²) in [6.07, 6.45) is 9.84. The first-order chi connectivity index (χ1) is 11.8. The monoisotopic (exact) mass is 340 g/mol. The Labute approximate surface area is 151 Å². The van der Waals surface area contributed by atoms with Gasteiger partial charge in [-0.2, -0.15) is 0 Å². The van der Waals surface area contributed by atoms with Crippen molar-refractivity contribution in [1.82, 2.24) is 0 Å². The molecule has 0 N–H and O–H groups in total. The van der Waals surface area contributed by atoms with Gasteiger partial charge >= 0.3 is 0 Å². The van der Waals surface area contributed by atoms with Crippen LogP contribution in [0.3, 0.4) is 0 Å². The standard InChI is InChI=1S/C23H33P/c1-3-5-7-19-9-13-21(14-10-19)23(17-18-24)22-15-11-20(12-16-22)8-6-4-2/h9-16,23H,3-8,17-18,24H2,1-2H3. The average Bonchev–Trinajstić information content (AvgIpc) is 2.64. The van der Waals surface area contributed by atoms with Crippen LogP contribution >= 0.6 is 9.24 Å². The van der Waals surface area contributed by atoms with Crippen LogP contribution in [0.25, 0.3) is 0 Å². The summed E-state index contributed by atoms with van der Waals surface area (Å²) < 4.78 is 0. The van der Waals surface area contributed by atoms with E-state index in [1.165, 1.54) is 67.2 Å². The van der Waals surface area contributed by atoms with Crippen molar-refractivity contribution in [2.24, 2.45) is 0 Å². The number of rotatable bonds is 10. The van der Waals surface area contributed by atoms with E-state index in [-0.39, 0.29) is 0 Å². The largest absolute Gasteiger partial charge is 0.138 e. The van der Waals surface area contributed by atoms with Crippen molar-refractivity contribution in [1.29, 1.82) is 0 Å². The van der Waals surface area contributed by atoms with E-state index in [1.807, 2.05) is 0 Å². The third kappa shape index (κ3) is 5.75. The van der Waals surface area contributed by atoms with Gasteiger partial charge in [-0.25, -0.2) is 0 Å². The summed E-state index contributed by atoms with van der Waals surface area (Å²) >= 11 is 0. The zero-order valence-corrected chi connectivity index (χ0v) is 16.6. The van der Waals surface area contributed by atoms with Crippen LogP contribution in [0.1, 0.15) is 74.1 Å². The van der Waals surface area contributed by atoms with Gasteiger partial charge in [0.2, 0.25) is 0 Å². The summed E-state index contributed by atoms with van der Waals surface area (Å²) in [5, 5.41) is 0. The Bertz CT molecular complexity index is 516. The van der Waals surface area contributed by atoms with Crippen LogP contribution in [-0.2, 0) is 12.8 Å². The van der Waals surface area contributed by atoms with Gasteiger partial charge in [0.25, 0.3) is 0 Å². The third-order valence-electron chi connectivity index (χ3n) is 4.86. The first-order valence-electron chi connectivity index (χ1n) is 9.66. The zero-order chi connectivity index (χ0) is 17.2. The second-order valence-corrected chi connectivity index (χ2v) is 7.40.